The van der Waals surface area contributed by atoms with Crippen molar-refractivity contribution >= 4 is 5.91 Å². The van der Waals surface area contributed by atoms with Crippen molar-refractivity contribution in [3.05, 3.63) is 0 Å². The fraction of sp³-hybridized carbons (Fsp3) is 0.700. The van der Waals surface area contributed by atoms with Crippen LogP contribution in [-0.2, 0) is 4.79 Å². The lowest BCUT2D eigenvalue weighted by Crippen LogP contribution is -2.27. The molecule has 0 aliphatic heterocycles. The van der Waals surface area contributed by atoms with Gasteiger partial charge in [-0.25, -0.2) is 0 Å². The van der Waals surface area contributed by atoms with E-state index < -0.39 is 0 Å². The Hall–Kier alpha value is -0.970. The van der Waals surface area contributed by atoms with E-state index in [2.05, 4.69) is 25.7 Å². The van der Waals surface area contributed by atoms with E-state index in [1.807, 2.05) is 0 Å². The number of carbonyl (C=O) groups excluding carboxylic acids is 1. The highest BCUT2D eigenvalue weighted by Crippen LogP contribution is 2.31. The molecule has 0 bridgehead atoms. The van der Waals surface area contributed by atoms with Crippen LogP contribution in [-0.4, -0.2) is 5.91 Å². The molecule has 0 heterocycles. The van der Waals surface area contributed by atoms with Gasteiger partial charge in [-0.05, 0) is 11.8 Å². The second kappa shape index (κ2) is 3.18. The third kappa shape index (κ3) is 2.27. The van der Waals surface area contributed by atoms with Crippen LogP contribution in [0.1, 0.15) is 33.1 Å². The minimum atomic E-state index is -0.209. The number of nitrogens with two attached hydrogens (primary N) is 1. The molecule has 0 radical (unpaired) electrons. The van der Waals surface area contributed by atoms with Crippen molar-refractivity contribution in [1.82, 2.24) is 0 Å². The monoisotopic (exact) mass is 165 g/mol. The number of hydrogen-bond donors (Lipinski definition) is 1. The van der Waals surface area contributed by atoms with Crippen molar-refractivity contribution in [3.8, 4) is 11.8 Å². The highest BCUT2D eigenvalue weighted by molar-refractivity contribution is 5.77. The fourth-order valence-electron chi connectivity index (χ4n) is 1.51. The Balaban J connectivity index is 2.71. The van der Waals surface area contributed by atoms with Gasteiger partial charge in [0.05, 0.1) is 0 Å². The summed E-state index contributed by atoms with van der Waals surface area (Å²) in [7, 11) is 0. The van der Waals surface area contributed by atoms with E-state index in [4.69, 9.17) is 5.73 Å². The first-order valence-corrected chi connectivity index (χ1v) is 4.26. The van der Waals surface area contributed by atoms with Crippen molar-refractivity contribution in [2.45, 2.75) is 33.1 Å². The maximum atomic E-state index is 10.9. The van der Waals surface area contributed by atoms with Crippen LogP contribution < -0.4 is 5.73 Å². The van der Waals surface area contributed by atoms with E-state index in [-0.39, 0.29) is 17.2 Å². The number of rotatable bonds is 1. The molecule has 1 atom stereocenters. The third-order valence-corrected chi connectivity index (χ3v) is 2.24. The Morgan fingerprint density at radius 3 is 2.75 bits per heavy atom. The van der Waals surface area contributed by atoms with E-state index in [0.29, 0.717) is 6.42 Å². The molecular formula is C10H15NO. The summed E-state index contributed by atoms with van der Waals surface area (Å²) in [5.74, 6) is 5.79. The largest absolute Gasteiger partial charge is 0.369 e. The summed E-state index contributed by atoms with van der Waals surface area (Å²) >= 11 is 0. The van der Waals surface area contributed by atoms with Gasteiger partial charge in [0.15, 0.2) is 0 Å². The van der Waals surface area contributed by atoms with Crippen LogP contribution in [0.2, 0.25) is 0 Å². The standard InChI is InChI=1S/C10H15NO/c1-10(2)6-4-3-5-8(7-10)9(11)12/h8H,5-7H2,1-2H3,(H2,11,12)/t8-/m1/s1. The first kappa shape index (κ1) is 9.12. The van der Waals surface area contributed by atoms with Crippen LogP contribution >= 0.6 is 0 Å². The van der Waals surface area contributed by atoms with Crippen LogP contribution in [0.4, 0.5) is 0 Å². The lowest BCUT2D eigenvalue weighted by atomic mass is 9.81. The normalized spacial score (nSPS) is 26.7. The summed E-state index contributed by atoms with van der Waals surface area (Å²) in [5, 5.41) is 0. The van der Waals surface area contributed by atoms with Gasteiger partial charge in [0.25, 0.3) is 0 Å². The number of carbonyl (C=O) groups is 1. The number of primary amides is 1. The second-order valence-electron chi connectivity index (χ2n) is 4.20. The molecule has 2 heteroatoms. The maximum absolute atomic E-state index is 10.9. The van der Waals surface area contributed by atoms with Crippen molar-refractivity contribution in [3.63, 3.8) is 0 Å². The Kier molecular flexibility index (Phi) is 2.42. The quantitative estimate of drug-likeness (QED) is 0.585. The summed E-state index contributed by atoms with van der Waals surface area (Å²) in [5.41, 5.74) is 5.39. The molecule has 2 N–H and O–H groups in total. The van der Waals surface area contributed by atoms with Gasteiger partial charge in [0.1, 0.15) is 0 Å². The fourth-order valence-corrected chi connectivity index (χ4v) is 1.51. The van der Waals surface area contributed by atoms with Gasteiger partial charge >= 0.3 is 0 Å². The SMILES string of the molecule is CC1(C)CC#CC[C@@H](C(N)=O)C1. The van der Waals surface area contributed by atoms with E-state index >= 15 is 0 Å². The molecule has 66 valence electrons. The van der Waals surface area contributed by atoms with Crippen molar-refractivity contribution < 1.29 is 4.79 Å². The Bertz CT molecular complexity index is 244. The Labute approximate surface area is 73.5 Å². The van der Waals surface area contributed by atoms with Gasteiger partial charge in [0.2, 0.25) is 5.91 Å². The van der Waals surface area contributed by atoms with Crippen LogP contribution in [0.3, 0.4) is 0 Å². The number of hydrogen-bond acceptors (Lipinski definition) is 1. The first-order chi connectivity index (χ1) is 5.51. The van der Waals surface area contributed by atoms with Gasteiger partial charge in [-0.2, -0.15) is 0 Å². The summed E-state index contributed by atoms with van der Waals surface area (Å²) < 4.78 is 0. The molecule has 1 rings (SSSR count). The zero-order valence-corrected chi connectivity index (χ0v) is 7.68. The molecule has 0 aromatic carbocycles. The molecular weight excluding hydrogens is 150 g/mol. The zero-order valence-electron chi connectivity index (χ0n) is 7.68. The van der Waals surface area contributed by atoms with Gasteiger partial charge in [-0.3, -0.25) is 4.79 Å². The first-order valence-electron chi connectivity index (χ1n) is 4.26. The molecule has 1 amide bonds. The van der Waals surface area contributed by atoms with Gasteiger partial charge in [0, 0.05) is 18.8 Å². The van der Waals surface area contributed by atoms with E-state index in [9.17, 15) is 4.79 Å². The minimum Gasteiger partial charge on any atom is -0.369 e. The van der Waals surface area contributed by atoms with E-state index in [0.717, 1.165) is 12.8 Å². The summed E-state index contributed by atoms with van der Waals surface area (Å²) in [4.78, 5) is 10.9. The zero-order chi connectivity index (χ0) is 9.19. The molecule has 0 saturated heterocycles. The molecule has 1 aliphatic carbocycles. The van der Waals surface area contributed by atoms with Gasteiger partial charge in [-0.1, -0.05) is 13.8 Å². The third-order valence-electron chi connectivity index (χ3n) is 2.24. The lowest BCUT2D eigenvalue weighted by molar-refractivity contribution is -0.122. The summed E-state index contributed by atoms with van der Waals surface area (Å²) in [6.45, 7) is 4.26. The lowest BCUT2D eigenvalue weighted by Gasteiger charge is -2.23. The Morgan fingerprint density at radius 2 is 2.17 bits per heavy atom. The maximum Gasteiger partial charge on any atom is 0.221 e. The van der Waals surface area contributed by atoms with Gasteiger partial charge < -0.3 is 5.73 Å². The smallest absolute Gasteiger partial charge is 0.221 e. The van der Waals surface area contributed by atoms with Crippen LogP contribution in [0.15, 0.2) is 0 Å². The Morgan fingerprint density at radius 1 is 1.50 bits per heavy atom. The highest BCUT2D eigenvalue weighted by atomic mass is 16.1. The van der Waals surface area contributed by atoms with Crippen molar-refractivity contribution in [1.29, 1.82) is 0 Å². The summed E-state index contributed by atoms with van der Waals surface area (Å²) in [6, 6.07) is 0. The molecule has 0 fully saturated rings. The highest BCUT2D eigenvalue weighted by Gasteiger charge is 2.26. The van der Waals surface area contributed by atoms with Crippen LogP contribution in [0, 0.1) is 23.2 Å². The molecule has 0 aromatic rings. The summed E-state index contributed by atoms with van der Waals surface area (Å²) in [6.07, 6.45) is 2.36. The topological polar surface area (TPSA) is 43.1 Å². The van der Waals surface area contributed by atoms with E-state index in [1.165, 1.54) is 0 Å². The van der Waals surface area contributed by atoms with Crippen LogP contribution in [0.5, 0.6) is 0 Å². The minimum absolute atomic E-state index is 0.0463. The average molecular weight is 165 g/mol. The predicted molar refractivity (Wildman–Crippen MR) is 48.1 cm³/mol. The molecule has 12 heavy (non-hydrogen) atoms. The molecule has 2 nitrogen and oxygen atoms in total. The second-order valence-corrected chi connectivity index (χ2v) is 4.20. The molecule has 1 aliphatic rings. The van der Waals surface area contributed by atoms with Crippen LogP contribution in [0.25, 0.3) is 0 Å². The average Bonchev–Trinajstić information content (AvgIpc) is 2.10. The van der Waals surface area contributed by atoms with Crippen molar-refractivity contribution in [2.75, 3.05) is 0 Å². The molecule has 0 saturated carbocycles. The van der Waals surface area contributed by atoms with E-state index in [1.54, 1.807) is 0 Å². The predicted octanol–water partition coefficient (Wildman–Crippen LogP) is 1.30. The number of amides is 1. The van der Waals surface area contributed by atoms with Gasteiger partial charge in [-0.15, -0.1) is 11.8 Å². The molecule has 0 unspecified atom stereocenters. The molecule has 0 aromatic heterocycles. The van der Waals surface area contributed by atoms with Crippen molar-refractivity contribution in [2.24, 2.45) is 17.1 Å². The molecule has 0 spiro atoms.